The molecule has 1 aliphatic heterocycles. The Kier molecular flexibility index (Phi) is 6.32. The second-order valence-corrected chi connectivity index (χ2v) is 5.84. The van der Waals surface area contributed by atoms with Crippen LogP contribution in [-0.4, -0.2) is 49.0 Å². The standard InChI is InChI=1S/C17H24FN5O2/c1-4-19-16(20-7-8-23-15(24)10-21-17(23)25)22-12(3)13-6-5-11(2)14(18)9-13/h5-6,9,12H,4,7-8,10H2,1-3H3,(H,21,25)(H2,19,20,22). The first kappa shape index (κ1) is 18.7. The first-order valence-electron chi connectivity index (χ1n) is 8.31. The van der Waals surface area contributed by atoms with Crippen molar-refractivity contribution in [3.63, 3.8) is 0 Å². The third-order valence-electron chi connectivity index (χ3n) is 3.92. The molecule has 25 heavy (non-hydrogen) atoms. The maximum atomic E-state index is 13.7. The SMILES string of the molecule is CCNC(=NCCN1C(=O)CNC1=O)NC(C)c1ccc(C)c(F)c1. The number of rotatable bonds is 6. The molecule has 2 rings (SSSR count). The molecular weight excluding hydrogens is 325 g/mol. The predicted octanol–water partition coefficient (Wildman–Crippen LogP) is 1.30. The number of hydrogen-bond acceptors (Lipinski definition) is 3. The third kappa shape index (κ3) is 4.91. The van der Waals surface area contributed by atoms with E-state index in [-0.39, 0.29) is 43.4 Å². The van der Waals surface area contributed by atoms with Gasteiger partial charge in [0.25, 0.3) is 0 Å². The van der Waals surface area contributed by atoms with Crippen molar-refractivity contribution in [1.82, 2.24) is 20.9 Å². The summed E-state index contributed by atoms with van der Waals surface area (Å²) in [4.78, 5) is 28.5. The molecule has 1 atom stereocenters. The largest absolute Gasteiger partial charge is 0.357 e. The number of carbonyl (C=O) groups is 2. The fourth-order valence-electron chi connectivity index (χ4n) is 2.43. The minimum absolute atomic E-state index is 0.0386. The highest BCUT2D eigenvalue weighted by atomic mass is 19.1. The second kappa shape index (κ2) is 8.46. The molecule has 0 bridgehead atoms. The van der Waals surface area contributed by atoms with E-state index in [0.717, 1.165) is 10.5 Å². The van der Waals surface area contributed by atoms with Crippen molar-refractivity contribution in [1.29, 1.82) is 0 Å². The highest BCUT2D eigenvalue weighted by Gasteiger charge is 2.27. The van der Waals surface area contributed by atoms with Crippen LogP contribution < -0.4 is 16.0 Å². The smallest absolute Gasteiger partial charge is 0.324 e. The molecule has 1 aliphatic rings. The van der Waals surface area contributed by atoms with Gasteiger partial charge in [-0.2, -0.15) is 0 Å². The van der Waals surface area contributed by atoms with Crippen LogP contribution in [0.2, 0.25) is 0 Å². The van der Waals surface area contributed by atoms with Gasteiger partial charge in [-0.05, 0) is 38.0 Å². The Hall–Kier alpha value is -2.64. The number of guanidine groups is 1. The summed E-state index contributed by atoms with van der Waals surface area (Å²) in [5.74, 6) is 0.0522. The highest BCUT2D eigenvalue weighted by Crippen LogP contribution is 2.16. The van der Waals surface area contributed by atoms with Crippen LogP contribution in [0.5, 0.6) is 0 Å². The minimum Gasteiger partial charge on any atom is -0.357 e. The molecule has 7 nitrogen and oxygen atoms in total. The summed E-state index contributed by atoms with van der Waals surface area (Å²) in [6, 6.07) is 4.58. The molecule has 0 saturated carbocycles. The van der Waals surface area contributed by atoms with Crippen molar-refractivity contribution in [2.45, 2.75) is 26.8 Å². The van der Waals surface area contributed by atoms with Crippen LogP contribution in [0.1, 0.15) is 31.0 Å². The third-order valence-corrected chi connectivity index (χ3v) is 3.92. The van der Waals surface area contributed by atoms with Gasteiger partial charge in [-0.25, -0.2) is 9.18 Å². The lowest BCUT2D eigenvalue weighted by molar-refractivity contribution is -0.124. The number of nitrogens with one attached hydrogen (secondary N) is 3. The Labute approximate surface area is 146 Å². The van der Waals surface area contributed by atoms with E-state index in [1.807, 2.05) is 19.9 Å². The molecule has 8 heteroatoms. The molecule has 1 aromatic rings. The summed E-state index contributed by atoms with van der Waals surface area (Å²) < 4.78 is 13.7. The molecule has 1 aromatic carbocycles. The minimum atomic E-state index is -0.387. The van der Waals surface area contributed by atoms with Crippen LogP contribution >= 0.6 is 0 Å². The maximum absolute atomic E-state index is 13.7. The zero-order valence-corrected chi connectivity index (χ0v) is 14.7. The fraction of sp³-hybridized carbons (Fsp3) is 0.471. The number of benzene rings is 1. The summed E-state index contributed by atoms with van der Waals surface area (Å²) in [6.45, 7) is 6.76. The number of amides is 3. The van der Waals surface area contributed by atoms with Gasteiger partial charge in [-0.3, -0.25) is 14.7 Å². The summed E-state index contributed by atoms with van der Waals surface area (Å²) in [6.07, 6.45) is 0. The van der Waals surface area contributed by atoms with Crippen LogP contribution in [0.25, 0.3) is 0 Å². The second-order valence-electron chi connectivity index (χ2n) is 5.84. The number of nitrogens with zero attached hydrogens (tertiary/aromatic N) is 2. The topological polar surface area (TPSA) is 85.8 Å². The Morgan fingerprint density at radius 3 is 2.80 bits per heavy atom. The van der Waals surface area contributed by atoms with E-state index in [1.54, 1.807) is 13.0 Å². The van der Waals surface area contributed by atoms with Gasteiger partial charge in [0.05, 0.1) is 25.7 Å². The maximum Gasteiger partial charge on any atom is 0.324 e. The normalized spacial score (nSPS) is 16.0. The van der Waals surface area contributed by atoms with Gasteiger partial charge in [0.1, 0.15) is 5.82 Å². The van der Waals surface area contributed by atoms with Crippen LogP contribution in [0.3, 0.4) is 0 Å². The summed E-state index contributed by atoms with van der Waals surface area (Å²) >= 11 is 0. The average molecular weight is 349 g/mol. The van der Waals surface area contributed by atoms with E-state index >= 15 is 0 Å². The lowest BCUT2D eigenvalue weighted by Gasteiger charge is -2.19. The molecule has 1 saturated heterocycles. The Morgan fingerprint density at radius 1 is 1.44 bits per heavy atom. The van der Waals surface area contributed by atoms with E-state index in [1.165, 1.54) is 6.07 Å². The number of carbonyl (C=O) groups excluding carboxylic acids is 2. The number of aliphatic imine (C=N–C) groups is 1. The molecule has 0 aliphatic carbocycles. The molecule has 3 N–H and O–H groups in total. The van der Waals surface area contributed by atoms with E-state index in [4.69, 9.17) is 0 Å². The van der Waals surface area contributed by atoms with E-state index in [9.17, 15) is 14.0 Å². The summed E-state index contributed by atoms with van der Waals surface area (Å²) in [5.41, 5.74) is 1.41. The first-order valence-corrected chi connectivity index (χ1v) is 8.31. The molecule has 1 heterocycles. The number of hydrogen-bond donors (Lipinski definition) is 3. The number of imide groups is 1. The van der Waals surface area contributed by atoms with Gasteiger partial charge in [0.15, 0.2) is 5.96 Å². The van der Waals surface area contributed by atoms with Crippen molar-refractivity contribution < 1.29 is 14.0 Å². The molecule has 0 radical (unpaired) electrons. The van der Waals surface area contributed by atoms with Gasteiger partial charge < -0.3 is 16.0 Å². The van der Waals surface area contributed by atoms with Gasteiger partial charge in [0.2, 0.25) is 5.91 Å². The molecule has 1 fully saturated rings. The lowest BCUT2D eigenvalue weighted by Crippen LogP contribution is -2.40. The van der Waals surface area contributed by atoms with Gasteiger partial charge in [0, 0.05) is 6.54 Å². The number of halogens is 1. The van der Waals surface area contributed by atoms with Gasteiger partial charge >= 0.3 is 6.03 Å². The predicted molar refractivity (Wildman–Crippen MR) is 93.8 cm³/mol. The zero-order valence-electron chi connectivity index (χ0n) is 14.7. The molecule has 0 spiro atoms. The zero-order chi connectivity index (χ0) is 18.4. The van der Waals surface area contributed by atoms with E-state index in [0.29, 0.717) is 18.1 Å². The van der Waals surface area contributed by atoms with Crippen molar-refractivity contribution in [3.05, 3.63) is 35.1 Å². The van der Waals surface area contributed by atoms with Gasteiger partial charge in [-0.1, -0.05) is 12.1 Å². The monoisotopic (exact) mass is 349 g/mol. The van der Waals surface area contributed by atoms with E-state index in [2.05, 4.69) is 20.9 Å². The molecule has 0 aromatic heterocycles. The average Bonchev–Trinajstić information content (AvgIpc) is 2.89. The Balaban J connectivity index is 1.97. The number of urea groups is 1. The Morgan fingerprint density at radius 2 is 2.20 bits per heavy atom. The summed E-state index contributed by atoms with van der Waals surface area (Å²) in [7, 11) is 0. The molecule has 3 amide bonds. The highest BCUT2D eigenvalue weighted by molar-refractivity contribution is 6.01. The summed E-state index contributed by atoms with van der Waals surface area (Å²) in [5, 5.41) is 8.76. The van der Waals surface area contributed by atoms with Crippen LogP contribution in [-0.2, 0) is 4.79 Å². The van der Waals surface area contributed by atoms with Crippen LogP contribution in [0.15, 0.2) is 23.2 Å². The Bertz CT molecular complexity index is 661. The van der Waals surface area contributed by atoms with Crippen LogP contribution in [0.4, 0.5) is 9.18 Å². The quantitative estimate of drug-likeness (QED) is 0.411. The fourth-order valence-corrected chi connectivity index (χ4v) is 2.43. The lowest BCUT2D eigenvalue weighted by atomic mass is 10.1. The molecule has 136 valence electrons. The van der Waals surface area contributed by atoms with Crippen LogP contribution in [0, 0.1) is 12.7 Å². The van der Waals surface area contributed by atoms with Crippen molar-refractivity contribution >= 4 is 17.9 Å². The number of aryl methyl sites for hydroxylation is 1. The van der Waals surface area contributed by atoms with Crippen molar-refractivity contribution in [3.8, 4) is 0 Å². The van der Waals surface area contributed by atoms with Gasteiger partial charge in [-0.15, -0.1) is 0 Å². The van der Waals surface area contributed by atoms with Crippen molar-refractivity contribution in [2.24, 2.45) is 4.99 Å². The van der Waals surface area contributed by atoms with E-state index < -0.39 is 0 Å². The van der Waals surface area contributed by atoms with Crippen molar-refractivity contribution in [2.75, 3.05) is 26.2 Å². The first-order chi connectivity index (χ1) is 11.9. The molecular formula is C17H24FN5O2. The molecule has 1 unspecified atom stereocenters.